The highest BCUT2D eigenvalue weighted by Gasteiger charge is 2.45. The monoisotopic (exact) mass is 270 g/mol. The molecule has 2 N–H and O–H groups in total. The fraction of sp³-hybridized carbons (Fsp3) is 0.364. The molecule has 0 atom stereocenters. The lowest BCUT2D eigenvalue weighted by atomic mass is 9.76. The minimum absolute atomic E-state index is 0.187. The fourth-order valence-electron chi connectivity index (χ4n) is 1.94. The van der Waals surface area contributed by atoms with Gasteiger partial charge in [0.05, 0.1) is 4.92 Å². The van der Waals surface area contributed by atoms with E-state index >= 15 is 0 Å². The van der Waals surface area contributed by atoms with E-state index < -0.39 is 16.4 Å². The zero-order valence-corrected chi connectivity index (χ0v) is 10.1. The van der Waals surface area contributed by atoms with Gasteiger partial charge in [-0.15, -0.1) is 0 Å². The molecule has 0 aromatic heterocycles. The summed E-state index contributed by atoms with van der Waals surface area (Å²) in [6.45, 7) is 0. The Bertz CT molecular complexity index is 514. The molecule has 0 radical (unpaired) electrons. The van der Waals surface area contributed by atoms with Gasteiger partial charge in [0.1, 0.15) is 11.2 Å². The summed E-state index contributed by atoms with van der Waals surface area (Å²) >= 11 is 5.69. The number of carboxylic acids is 1. The van der Waals surface area contributed by atoms with Crippen molar-refractivity contribution in [2.24, 2.45) is 0 Å². The summed E-state index contributed by atoms with van der Waals surface area (Å²) in [5, 5.41) is 23.1. The van der Waals surface area contributed by atoms with Crippen molar-refractivity contribution in [2.45, 2.75) is 24.8 Å². The van der Waals surface area contributed by atoms with Crippen LogP contribution in [-0.4, -0.2) is 21.5 Å². The Morgan fingerprint density at radius 1 is 1.50 bits per heavy atom. The van der Waals surface area contributed by atoms with Crippen molar-refractivity contribution >= 4 is 28.9 Å². The molecule has 0 bridgehead atoms. The number of nitrogens with one attached hydrogen (secondary N) is 1. The number of hydrogen-bond acceptors (Lipinski definition) is 4. The molecule has 0 unspecified atom stereocenters. The van der Waals surface area contributed by atoms with Gasteiger partial charge in [-0.3, -0.25) is 10.1 Å². The van der Waals surface area contributed by atoms with E-state index in [0.717, 1.165) is 6.42 Å². The normalized spacial score (nSPS) is 16.7. The molecule has 1 aromatic rings. The van der Waals surface area contributed by atoms with E-state index in [2.05, 4.69) is 5.32 Å². The largest absolute Gasteiger partial charge is 0.480 e. The molecule has 1 aliphatic carbocycles. The second-order valence-corrected chi connectivity index (χ2v) is 4.72. The molecule has 0 spiro atoms. The van der Waals surface area contributed by atoms with Crippen molar-refractivity contribution in [1.29, 1.82) is 0 Å². The second-order valence-electron chi connectivity index (χ2n) is 4.28. The maximum absolute atomic E-state index is 11.2. The molecule has 0 saturated heterocycles. The van der Waals surface area contributed by atoms with Crippen LogP contribution in [0.5, 0.6) is 0 Å². The Morgan fingerprint density at radius 2 is 2.17 bits per heavy atom. The first-order valence-electron chi connectivity index (χ1n) is 5.40. The molecule has 1 fully saturated rings. The Hall–Kier alpha value is -1.82. The smallest absolute Gasteiger partial charge is 0.329 e. The zero-order valence-electron chi connectivity index (χ0n) is 9.35. The molecule has 1 aliphatic rings. The molecule has 0 heterocycles. The van der Waals surface area contributed by atoms with Crippen molar-refractivity contribution in [3.63, 3.8) is 0 Å². The Balaban J connectivity index is 2.34. The molecule has 0 aliphatic heterocycles. The van der Waals surface area contributed by atoms with E-state index in [9.17, 15) is 20.0 Å². The number of nitro benzene ring substituents is 1. The number of benzene rings is 1. The third-order valence-corrected chi connectivity index (χ3v) is 3.38. The molecule has 7 heteroatoms. The van der Waals surface area contributed by atoms with Crippen LogP contribution < -0.4 is 5.32 Å². The van der Waals surface area contributed by atoms with Gasteiger partial charge >= 0.3 is 5.97 Å². The van der Waals surface area contributed by atoms with Crippen LogP contribution in [0.1, 0.15) is 19.3 Å². The number of aliphatic carboxylic acids is 1. The van der Waals surface area contributed by atoms with Gasteiger partial charge in [0.2, 0.25) is 0 Å². The first-order chi connectivity index (χ1) is 8.44. The van der Waals surface area contributed by atoms with Gasteiger partial charge in [-0.2, -0.15) is 0 Å². The Kier molecular flexibility index (Phi) is 3.13. The van der Waals surface area contributed by atoms with Crippen LogP contribution >= 0.6 is 11.6 Å². The van der Waals surface area contributed by atoms with Crippen LogP contribution in [0, 0.1) is 10.1 Å². The summed E-state index contributed by atoms with van der Waals surface area (Å²) in [5.41, 5.74) is -1.11. The summed E-state index contributed by atoms with van der Waals surface area (Å²) in [6.07, 6.45) is 1.71. The van der Waals surface area contributed by atoms with Crippen molar-refractivity contribution in [1.82, 2.24) is 0 Å². The number of nitrogens with zero attached hydrogens (tertiary/aromatic N) is 1. The molecule has 2 rings (SSSR count). The topological polar surface area (TPSA) is 92.5 Å². The standard InChI is InChI=1S/C11H11ClN2O4/c12-7-2-3-8(9(6-7)14(17)18)13-11(10(15)16)4-1-5-11/h2-3,6,13H,1,4-5H2,(H,15,16). The third-order valence-electron chi connectivity index (χ3n) is 3.15. The zero-order chi connectivity index (χ0) is 13.3. The summed E-state index contributed by atoms with van der Waals surface area (Å²) in [5.74, 6) is -0.988. The fourth-order valence-corrected chi connectivity index (χ4v) is 2.11. The van der Waals surface area contributed by atoms with Gasteiger partial charge in [-0.25, -0.2) is 4.79 Å². The average molecular weight is 271 g/mol. The lowest BCUT2D eigenvalue weighted by Crippen LogP contribution is -2.52. The second kappa shape index (κ2) is 4.45. The number of anilines is 1. The van der Waals surface area contributed by atoms with Gasteiger partial charge in [-0.1, -0.05) is 11.6 Å². The molecule has 1 aromatic carbocycles. The van der Waals surface area contributed by atoms with Crippen LogP contribution in [0.2, 0.25) is 5.02 Å². The van der Waals surface area contributed by atoms with E-state index in [0.29, 0.717) is 12.8 Å². The highest BCUT2D eigenvalue weighted by Crippen LogP contribution is 2.38. The Labute approximate surface area is 108 Å². The molecular weight excluding hydrogens is 260 g/mol. The molecule has 1 saturated carbocycles. The molecule has 6 nitrogen and oxygen atoms in total. The maximum Gasteiger partial charge on any atom is 0.329 e. The third kappa shape index (κ3) is 2.11. The van der Waals surface area contributed by atoms with Crippen molar-refractivity contribution in [2.75, 3.05) is 5.32 Å². The predicted octanol–water partition coefficient (Wildman–Crippen LogP) is 2.67. The van der Waals surface area contributed by atoms with Gasteiger partial charge in [0, 0.05) is 11.1 Å². The van der Waals surface area contributed by atoms with E-state index in [1.54, 1.807) is 0 Å². The van der Waals surface area contributed by atoms with Crippen molar-refractivity contribution < 1.29 is 14.8 Å². The number of hydrogen-bond donors (Lipinski definition) is 2. The summed E-state index contributed by atoms with van der Waals surface area (Å²) < 4.78 is 0. The highest BCUT2D eigenvalue weighted by molar-refractivity contribution is 6.30. The van der Waals surface area contributed by atoms with E-state index in [4.69, 9.17) is 11.6 Å². The van der Waals surface area contributed by atoms with E-state index in [1.807, 2.05) is 0 Å². The average Bonchev–Trinajstić information content (AvgIpc) is 2.24. The number of halogens is 1. The quantitative estimate of drug-likeness (QED) is 0.648. The summed E-state index contributed by atoms with van der Waals surface area (Å²) in [4.78, 5) is 21.5. The van der Waals surface area contributed by atoms with E-state index in [1.165, 1.54) is 18.2 Å². The van der Waals surface area contributed by atoms with Gasteiger partial charge < -0.3 is 10.4 Å². The molecular formula is C11H11ClN2O4. The van der Waals surface area contributed by atoms with Crippen LogP contribution in [0.15, 0.2) is 18.2 Å². The highest BCUT2D eigenvalue weighted by atomic mass is 35.5. The maximum atomic E-state index is 11.2. The number of carbonyl (C=O) groups is 1. The summed E-state index contributed by atoms with van der Waals surface area (Å²) in [6, 6.07) is 4.13. The van der Waals surface area contributed by atoms with E-state index in [-0.39, 0.29) is 16.4 Å². The SMILES string of the molecule is O=C(O)C1(Nc2ccc(Cl)cc2[N+](=O)[O-])CCC1. The van der Waals surface area contributed by atoms with Crippen molar-refractivity contribution in [3.8, 4) is 0 Å². The first-order valence-corrected chi connectivity index (χ1v) is 5.78. The molecule has 96 valence electrons. The predicted molar refractivity (Wildman–Crippen MR) is 65.9 cm³/mol. The van der Waals surface area contributed by atoms with Crippen LogP contribution in [-0.2, 0) is 4.79 Å². The van der Waals surface area contributed by atoms with Crippen LogP contribution in [0.4, 0.5) is 11.4 Å². The summed E-state index contributed by atoms with van der Waals surface area (Å²) in [7, 11) is 0. The Morgan fingerprint density at radius 3 is 2.61 bits per heavy atom. The van der Waals surface area contributed by atoms with Gasteiger partial charge in [-0.05, 0) is 31.4 Å². The molecule has 0 amide bonds. The van der Waals surface area contributed by atoms with Crippen LogP contribution in [0.25, 0.3) is 0 Å². The number of nitro groups is 1. The minimum Gasteiger partial charge on any atom is -0.480 e. The lowest BCUT2D eigenvalue weighted by Gasteiger charge is -2.38. The number of rotatable bonds is 4. The van der Waals surface area contributed by atoms with Crippen LogP contribution in [0.3, 0.4) is 0 Å². The number of carboxylic acid groups (broad SMARTS) is 1. The van der Waals surface area contributed by atoms with Gasteiger partial charge in [0.25, 0.3) is 5.69 Å². The first kappa shape index (κ1) is 12.6. The lowest BCUT2D eigenvalue weighted by molar-refractivity contribution is -0.384. The molecule has 18 heavy (non-hydrogen) atoms. The minimum atomic E-state index is -1.08. The van der Waals surface area contributed by atoms with Crippen molar-refractivity contribution in [3.05, 3.63) is 33.3 Å². The van der Waals surface area contributed by atoms with Gasteiger partial charge in [0.15, 0.2) is 0 Å².